The summed E-state index contributed by atoms with van der Waals surface area (Å²) in [5, 5.41) is 0. The highest BCUT2D eigenvalue weighted by Gasteiger charge is 2.54. The first-order chi connectivity index (χ1) is 11.4. The second-order valence-electron chi connectivity index (χ2n) is 7.71. The molecule has 1 aromatic carbocycles. The minimum atomic E-state index is -3.76. The van der Waals surface area contributed by atoms with E-state index < -0.39 is 10.0 Å². The van der Waals surface area contributed by atoms with Crippen LogP contribution in [0.15, 0.2) is 33.6 Å². The van der Waals surface area contributed by atoms with E-state index in [0.717, 1.165) is 19.3 Å². The molecule has 7 heteroatoms. The molecular formula is C17H21BrN2O3S. The van der Waals surface area contributed by atoms with Crippen molar-refractivity contribution >= 4 is 31.9 Å². The molecule has 0 heterocycles. The summed E-state index contributed by atoms with van der Waals surface area (Å²) in [7, 11) is -3.76. The molecule has 1 aromatic rings. The first-order valence-electron chi connectivity index (χ1n) is 8.44. The van der Waals surface area contributed by atoms with Crippen molar-refractivity contribution in [1.29, 1.82) is 0 Å². The molecule has 0 unspecified atom stereocenters. The van der Waals surface area contributed by atoms with Crippen LogP contribution in [0.1, 0.15) is 38.5 Å². The van der Waals surface area contributed by atoms with Crippen molar-refractivity contribution in [3.63, 3.8) is 0 Å². The lowest BCUT2D eigenvalue weighted by molar-refractivity contribution is -0.146. The molecule has 1 amide bonds. The number of amides is 1. The number of nitrogens with one attached hydrogen (secondary N) is 2. The van der Waals surface area contributed by atoms with Gasteiger partial charge in [0, 0.05) is 4.47 Å². The van der Waals surface area contributed by atoms with Gasteiger partial charge in [-0.1, -0.05) is 22.0 Å². The Labute approximate surface area is 150 Å². The number of hydrogen-bond donors (Lipinski definition) is 2. The van der Waals surface area contributed by atoms with Crippen LogP contribution in [0.4, 0.5) is 0 Å². The molecule has 4 aliphatic rings. The molecular weight excluding hydrogens is 392 g/mol. The van der Waals surface area contributed by atoms with E-state index in [1.807, 2.05) is 0 Å². The van der Waals surface area contributed by atoms with Crippen molar-refractivity contribution in [2.75, 3.05) is 0 Å². The van der Waals surface area contributed by atoms with Crippen molar-refractivity contribution in [2.24, 2.45) is 23.2 Å². The molecule has 2 N–H and O–H groups in total. The summed E-state index contributed by atoms with van der Waals surface area (Å²) >= 11 is 3.26. The van der Waals surface area contributed by atoms with Crippen molar-refractivity contribution in [2.45, 2.75) is 43.4 Å². The zero-order valence-corrected chi connectivity index (χ0v) is 15.7. The van der Waals surface area contributed by atoms with Gasteiger partial charge in [0.05, 0.1) is 10.3 Å². The quantitative estimate of drug-likeness (QED) is 0.746. The first kappa shape index (κ1) is 16.5. The third-order valence-electron chi connectivity index (χ3n) is 5.93. The van der Waals surface area contributed by atoms with E-state index in [4.69, 9.17) is 0 Å². The molecule has 4 aliphatic carbocycles. The van der Waals surface area contributed by atoms with Gasteiger partial charge in [-0.2, -0.15) is 0 Å². The van der Waals surface area contributed by atoms with Gasteiger partial charge in [-0.3, -0.25) is 10.2 Å². The number of carbonyl (C=O) groups is 1. The molecule has 0 radical (unpaired) electrons. The summed E-state index contributed by atoms with van der Waals surface area (Å²) in [5.74, 6) is 1.77. The van der Waals surface area contributed by atoms with E-state index in [-0.39, 0.29) is 16.2 Å². The molecule has 0 atom stereocenters. The Morgan fingerprint density at radius 3 is 2.21 bits per heavy atom. The average Bonchev–Trinajstić information content (AvgIpc) is 2.51. The maximum absolute atomic E-state index is 12.8. The lowest BCUT2D eigenvalue weighted by Gasteiger charge is -2.55. The molecule has 5 nitrogen and oxygen atoms in total. The van der Waals surface area contributed by atoms with Crippen LogP contribution >= 0.6 is 15.9 Å². The summed E-state index contributed by atoms with van der Waals surface area (Å²) in [6.07, 6.45) is 6.46. The zero-order chi connectivity index (χ0) is 16.9. The van der Waals surface area contributed by atoms with Gasteiger partial charge in [0.25, 0.3) is 10.0 Å². The minimum Gasteiger partial charge on any atom is -0.277 e. The second-order valence-corrected chi connectivity index (χ2v) is 10.3. The van der Waals surface area contributed by atoms with E-state index >= 15 is 0 Å². The molecule has 130 valence electrons. The maximum Gasteiger partial charge on any atom is 0.257 e. The summed E-state index contributed by atoms with van der Waals surface area (Å²) in [5.41, 5.74) is 2.14. The largest absolute Gasteiger partial charge is 0.277 e. The Morgan fingerprint density at radius 1 is 1.08 bits per heavy atom. The highest BCUT2D eigenvalue weighted by Crippen LogP contribution is 2.60. The Morgan fingerprint density at radius 2 is 1.67 bits per heavy atom. The molecule has 0 spiro atoms. The Hall–Kier alpha value is -0.920. The van der Waals surface area contributed by atoms with E-state index in [9.17, 15) is 13.2 Å². The zero-order valence-electron chi connectivity index (χ0n) is 13.3. The number of carbonyl (C=O) groups excluding carboxylic acids is 1. The molecule has 0 saturated heterocycles. The fourth-order valence-corrected chi connectivity index (χ4v) is 6.76. The van der Waals surface area contributed by atoms with Crippen molar-refractivity contribution in [3.05, 3.63) is 28.7 Å². The van der Waals surface area contributed by atoms with Gasteiger partial charge in [-0.25, -0.2) is 8.42 Å². The SMILES string of the molecule is O=C(NNS(=O)(=O)c1cccc(Br)c1)C12CC3CC(CC(C3)C1)C2. The van der Waals surface area contributed by atoms with Crippen molar-refractivity contribution in [3.8, 4) is 0 Å². The lowest BCUT2D eigenvalue weighted by atomic mass is 9.49. The topological polar surface area (TPSA) is 75.3 Å². The molecule has 4 bridgehead atoms. The van der Waals surface area contributed by atoms with Crippen molar-refractivity contribution < 1.29 is 13.2 Å². The molecule has 5 rings (SSSR count). The fourth-order valence-electron chi connectivity index (χ4n) is 5.33. The number of halogens is 1. The number of sulfonamides is 1. The summed E-state index contributed by atoms with van der Waals surface area (Å²) < 4.78 is 25.4. The normalized spacial score (nSPS) is 34.3. The van der Waals surface area contributed by atoms with Crippen LogP contribution < -0.4 is 10.3 Å². The van der Waals surface area contributed by atoms with Gasteiger partial charge in [0.2, 0.25) is 5.91 Å². The molecule has 24 heavy (non-hydrogen) atoms. The van der Waals surface area contributed by atoms with E-state index in [0.29, 0.717) is 22.2 Å². The number of rotatable bonds is 4. The number of hydrogen-bond acceptors (Lipinski definition) is 3. The van der Waals surface area contributed by atoms with Crippen LogP contribution in [0.2, 0.25) is 0 Å². The van der Waals surface area contributed by atoms with Gasteiger partial charge < -0.3 is 0 Å². The Bertz CT molecular complexity index is 743. The average molecular weight is 413 g/mol. The monoisotopic (exact) mass is 412 g/mol. The third-order valence-corrected chi connectivity index (χ3v) is 7.66. The second kappa shape index (κ2) is 5.81. The van der Waals surface area contributed by atoms with E-state index in [2.05, 4.69) is 26.2 Å². The standard InChI is InChI=1S/C17H21BrN2O3S/c18-14-2-1-3-15(7-14)24(22,23)20-19-16(21)17-8-11-4-12(9-17)6-13(5-11)10-17/h1-3,7,11-13,20H,4-6,8-10H2,(H,19,21). The van der Waals surface area contributed by atoms with Crippen LogP contribution in [0.25, 0.3) is 0 Å². The molecule has 0 aliphatic heterocycles. The smallest absolute Gasteiger partial charge is 0.257 e. The lowest BCUT2D eigenvalue weighted by Crippen LogP contribution is -2.56. The third kappa shape index (κ3) is 2.91. The molecule has 4 saturated carbocycles. The number of benzene rings is 1. The van der Waals surface area contributed by atoms with Gasteiger partial charge in [-0.15, -0.1) is 4.83 Å². The summed E-state index contributed by atoms with van der Waals surface area (Å²) in [6, 6.07) is 6.43. The van der Waals surface area contributed by atoms with Gasteiger partial charge in [0.1, 0.15) is 0 Å². The Kier molecular flexibility index (Phi) is 4.01. The summed E-state index contributed by atoms with van der Waals surface area (Å²) in [4.78, 5) is 15.2. The van der Waals surface area contributed by atoms with Gasteiger partial charge in [0.15, 0.2) is 0 Å². The molecule has 0 aromatic heterocycles. The maximum atomic E-state index is 12.8. The van der Waals surface area contributed by atoms with E-state index in [1.165, 1.54) is 31.4 Å². The van der Waals surface area contributed by atoms with Gasteiger partial charge >= 0.3 is 0 Å². The minimum absolute atomic E-state index is 0.127. The van der Waals surface area contributed by atoms with Crippen molar-refractivity contribution in [1.82, 2.24) is 10.3 Å². The van der Waals surface area contributed by atoms with Crippen LogP contribution in [0.5, 0.6) is 0 Å². The predicted octanol–water partition coefficient (Wildman–Crippen LogP) is 2.98. The highest BCUT2D eigenvalue weighted by atomic mass is 79.9. The van der Waals surface area contributed by atoms with Crippen LogP contribution in [-0.2, 0) is 14.8 Å². The Balaban J connectivity index is 1.47. The van der Waals surface area contributed by atoms with E-state index in [1.54, 1.807) is 12.1 Å². The molecule has 4 fully saturated rings. The van der Waals surface area contributed by atoms with Crippen LogP contribution in [0, 0.1) is 23.2 Å². The predicted molar refractivity (Wildman–Crippen MR) is 93.2 cm³/mol. The first-order valence-corrected chi connectivity index (χ1v) is 10.7. The fraction of sp³-hybridized carbons (Fsp3) is 0.588. The summed E-state index contributed by atoms with van der Waals surface area (Å²) in [6.45, 7) is 0. The number of hydrazine groups is 1. The highest BCUT2D eigenvalue weighted by molar-refractivity contribution is 9.10. The van der Waals surface area contributed by atoms with Crippen LogP contribution in [0.3, 0.4) is 0 Å². The van der Waals surface area contributed by atoms with Gasteiger partial charge in [-0.05, 0) is 74.5 Å². The van der Waals surface area contributed by atoms with Crippen LogP contribution in [-0.4, -0.2) is 14.3 Å².